The SMILES string of the molecule is COCc1ccc(C(=O)NCC(c2ccccc2)N2CCOCC2)cc1. The van der Waals surface area contributed by atoms with Crippen molar-refractivity contribution in [3.8, 4) is 0 Å². The van der Waals surface area contributed by atoms with Crippen LogP contribution in [0.3, 0.4) is 0 Å². The third-order valence-corrected chi connectivity index (χ3v) is 4.65. The third kappa shape index (κ3) is 4.91. The summed E-state index contributed by atoms with van der Waals surface area (Å²) in [5.74, 6) is -0.0526. The Morgan fingerprint density at radius 3 is 2.46 bits per heavy atom. The van der Waals surface area contributed by atoms with Crippen molar-refractivity contribution in [3.63, 3.8) is 0 Å². The lowest BCUT2D eigenvalue weighted by Crippen LogP contribution is -2.43. The van der Waals surface area contributed by atoms with Gasteiger partial charge in [0.2, 0.25) is 0 Å². The van der Waals surface area contributed by atoms with Crippen molar-refractivity contribution < 1.29 is 14.3 Å². The molecule has 0 aliphatic carbocycles. The molecule has 0 saturated carbocycles. The first-order chi connectivity index (χ1) is 12.8. The number of morpholine rings is 1. The lowest BCUT2D eigenvalue weighted by Gasteiger charge is -2.35. The summed E-state index contributed by atoms with van der Waals surface area (Å²) < 4.78 is 10.6. The number of nitrogens with one attached hydrogen (secondary N) is 1. The molecule has 0 bridgehead atoms. The van der Waals surface area contributed by atoms with E-state index in [2.05, 4.69) is 22.3 Å². The van der Waals surface area contributed by atoms with Crippen LogP contribution < -0.4 is 5.32 Å². The second-order valence-corrected chi connectivity index (χ2v) is 6.41. The largest absolute Gasteiger partial charge is 0.380 e. The Hall–Kier alpha value is -2.21. The van der Waals surface area contributed by atoms with Crippen molar-refractivity contribution in [1.82, 2.24) is 10.2 Å². The Morgan fingerprint density at radius 1 is 1.12 bits per heavy atom. The van der Waals surface area contributed by atoms with Crippen molar-refractivity contribution in [1.29, 1.82) is 0 Å². The quantitative estimate of drug-likeness (QED) is 0.830. The highest BCUT2D eigenvalue weighted by molar-refractivity contribution is 5.94. The standard InChI is InChI=1S/C21H26N2O3/c1-25-16-17-7-9-19(10-8-17)21(24)22-15-20(18-5-3-2-4-6-18)23-11-13-26-14-12-23/h2-10,20H,11-16H2,1H3,(H,22,24). The van der Waals surface area contributed by atoms with Crippen LogP contribution in [0.15, 0.2) is 54.6 Å². The summed E-state index contributed by atoms with van der Waals surface area (Å²) in [6.45, 7) is 4.34. The Balaban J connectivity index is 1.65. The first kappa shape index (κ1) is 18.6. The molecule has 0 spiro atoms. The van der Waals surface area contributed by atoms with E-state index in [1.54, 1.807) is 7.11 Å². The number of benzene rings is 2. The van der Waals surface area contributed by atoms with Gasteiger partial charge in [0.25, 0.3) is 5.91 Å². The molecule has 1 N–H and O–H groups in total. The second kappa shape index (κ2) is 9.48. The molecule has 1 aliphatic rings. The molecule has 26 heavy (non-hydrogen) atoms. The van der Waals surface area contributed by atoms with Crippen LogP contribution >= 0.6 is 0 Å². The van der Waals surface area contributed by atoms with Crippen LogP contribution in [-0.2, 0) is 16.1 Å². The van der Waals surface area contributed by atoms with Crippen LogP contribution in [0.1, 0.15) is 27.5 Å². The van der Waals surface area contributed by atoms with Crippen molar-refractivity contribution in [2.45, 2.75) is 12.6 Å². The minimum absolute atomic E-state index is 0.0526. The van der Waals surface area contributed by atoms with E-state index in [9.17, 15) is 4.79 Å². The summed E-state index contributed by atoms with van der Waals surface area (Å²) in [4.78, 5) is 14.9. The van der Waals surface area contributed by atoms with Gasteiger partial charge in [0.1, 0.15) is 0 Å². The number of carbonyl (C=O) groups excluding carboxylic acids is 1. The molecule has 1 aliphatic heterocycles. The fourth-order valence-corrected chi connectivity index (χ4v) is 3.23. The molecule has 1 amide bonds. The van der Waals surface area contributed by atoms with E-state index in [0.717, 1.165) is 31.9 Å². The smallest absolute Gasteiger partial charge is 0.251 e. The van der Waals surface area contributed by atoms with Gasteiger partial charge < -0.3 is 14.8 Å². The van der Waals surface area contributed by atoms with Crippen molar-refractivity contribution in [2.24, 2.45) is 0 Å². The number of rotatable bonds is 7. The lowest BCUT2D eigenvalue weighted by molar-refractivity contribution is 0.0162. The van der Waals surface area contributed by atoms with Crippen LogP contribution in [0.5, 0.6) is 0 Å². The molecule has 1 fully saturated rings. The molecule has 2 aromatic rings. The monoisotopic (exact) mass is 354 g/mol. The average molecular weight is 354 g/mol. The zero-order valence-corrected chi connectivity index (χ0v) is 15.2. The van der Waals surface area contributed by atoms with E-state index < -0.39 is 0 Å². The zero-order chi connectivity index (χ0) is 18.2. The van der Waals surface area contributed by atoms with Crippen molar-refractivity contribution in [3.05, 3.63) is 71.3 Å². The van der Waals surface area contributed by atoms with Crippen LogP contribution in [0, 0.1) is 0 Å². The maximum atomic E-state index is 12.5. The predicted octanol–water partition coefficient (Wildman–Crippen LogP) is 2.64. The van der Waals surface area contributed by atoms with E-state index in [1.165, 1.54) is 5.56 Å². The molecular formula is C21H26N2O3. The van der Waals surface area contributed by atoms with Gasteiger partial charge in [-0.15, -0.1) is 0 Å². The van der Waals surface area contributed by atoms with Gasteiger partial charge in [-0.1, -0.05) is 42.5 Å². The number of methoxy groups -OCH3 is 1. The molecule has 5 nitrogen and oxygen atoms in total. The zero-order valence-electron chi connectivity index (χ0n) is 15.2. The minimum Gasteiger partial charge on any atom is -0.380 e. The van der Waals surface area contributed by atoms with E-state index in [0.29, 0.717) is 18.7 Å². The third-order valence-electron chi connectivity index (χ3n) is 4.65. The van der Waals surface area contributed by atoms with E-state index in [-0.39, 0.29) is 11.9 Å². The van der Waals surface area contributed by atoms with Crippen LogP contribution in [0.25, 0.3) is 0 Å². The summed E-state index contributed by atoms with van der Waals surface area (Å²) in [7, 11) is 1.66. The summed E-state index contributed by atoms with van der Waals surface area (Å²) in [5.41, 5.74) is 2.93. The van der Waals surface area contributed by atoms with Gasteiger partial charge in [-0.25, -0.2) is 0 Å². The highest BCUT2D eigenvalue weighted by Crippen LogP contribution is 2.21. The molecule has 0 aromatic heterocycles. The Bertz CT molecular complexity index is 682. The predicted molar refractivity (Wildman–Crippen MR) is 101 cm³/mol. The molecule has 138 valence electrons. The molecular weight excluding hydrogens is 328 g/mol. The van der Waals surface area contributed by atoms with Gasteiger partial charge in [0.15, 0.2) is 0 Å². The van der Waals surface area contributed by atoms with Gasteiger partial charge in [-0.2, -0.15) is 0 Å². The summed E-state index contributed by atoms with van der Waals surface area (Å²) >= 11 is 0. The Labute approximate surface area is 154 Å². The number of hydrogen-bond donors (Lipinski definition) is 1. The normalized spacial score (nSPS) is 16.2. The molecule has 2 aromatic carbocycles. The average Bonchev–Trinajstić information content (AvgIpc) is 2.70. The van der Waals surface area contributed by atoms with Gasteiger partial charge in [-0.05, 0) is 23.3 Å². The first-order valence-electron chi connectivity index (χ1n) is 9.01. The van der Waals surface area contributed by atoms with E-state index in [4.69, 9.17) is 9.47 Å². The fourth-order valence-electron chi connectivity index (χ4n) is 3.23. The number of carbonyl (C=O) groups is 1. The van der Waals surface area contributed by atoms with Crippen LogP contribution in [0.2, 0.25) is 0 Å². The minimum atomic E-state index is -0.0526. The molecule has 3 rings (SSSR count). The van der Waals surface area contributed by atoms with Crippen molar-refractivity contribution in [2.75, 3.05) is 40.0 Å². The maximum absolute atomic E-state index is 12.5. The number of hydrogen-bond acceptors (Lipinski definition) is 4. The molecule has 1 unspecified atom stereocenters. The molecule has 1 saturated heterocycles. The number of amides is 1. The summed E-state index contributed by atoms with van der Waals surface area (Å²) in [6.07, 6.45) is 0. The Morgan fingerprint density at radius 2 is 1.81 bits per heavy atom. The highest BCUT2D eigenvalue weighted by atomic mass is 16.5. The van der Waals surface area contributed by atoms with E-state index in [1.807, 2.05) is 42.5 Å². The molecule has 1 heterocycles. The van der Waals surface area contributed by atoms with Crippen LogP contribution in [0.4, 0.5) is 0 Å². The first-order valence-corrected chi connectivity index (χ1v) is 9.01. The highest BCUT2D eigenvalue weighted by Gasteiger charge is 2.23. The summed E-state index contributed by atoms with van der Waals surface area (Å²) in [6, 6.07) is 18.0. The van der Waals surface area contributed by atoms with Gasteiger partial charge in [-0.3, -0.25) is 9.69 Å². The molecule has 1 atom stereocenters. The van der Waals surface area contributed by atoms with Crippen LogP contribution in [-0.4, -0.2) is 50.8 Å². The molecule has 0 radical (unpaired) electrons. The fraction of sp³-hybridized carbons (Fsp3) is 0.381. The lowest BCUT2D eigenvalue weighted by atomic mass is 10.0. The molecule has 5 heteroatoms. The number of ether oxygens (including phenoxy) is 2. The Kier molecular flexibility index (Phi) is 6.77. The maximum Gasteiger partial charge on any atom is 0.251 e. The topological polar surface area (TPSA) is 50.8 Å². The van der Waals surface area contributed by atoms with Gasteiger partial charge in [0, 0.05) is 32.3 Å². The second-order valence-electron chi connectivity index (χ2n) is 6.41. The summed E-state index contributed by atoms with van der Waals surface area (Å²) in [5, 5.41) is 3.09. The van der Waals surface area contributed by atoms with E-state index >= 15 is 0 Å². The van der Waals surface area contributed by atoms with Crippen molar-refractivity contribution >= 4 is 5.91 Å². The number of nitrogens with zero attached hydrogens (tertiary/aromatic N) is 1. The van der Waals surface area contributed by atoms with Gasteiger partial charge >= 0.3 is 0 Å². The van der Waals surface area contributed by atoms with Gasteiger partial charge in [0.05, 0.1) is 25.9 Å².